The fourth-order valence-electron chi connectivity index (χ4n) is 2.95. The number of fused-ring (bicyclic) bond motifs is 1. The number of aromatic hydroxyl groups is 1. The molecule has 0 aliphatic rings. The first-order valence-electron chi connectivity index (χ1n) is 8.34. The minimum atomic E-state index is 0.183. The number of ether oxygens (including phenoxy) is 1. The number of hydrogen-bond donors (Lipinski definition) is 2. The summed E-state index contributed by atoms with van der Waals surface area (Å²) in [6.45, 7) is 5.33. The van der Waals surface area contributed by atoms with E-state index in [1.807, 2.05) is 19.1 Å². The van der Waals surface area contributed by atoms with Crippen molar-refractivity contribution in [1.82, 2.24) is 5.32 Å². The fourth-order valence-corrected chi connectivity index (χ4v) is 2.95. The SMILES string of the molecule is CCOc1cc(CNC(C)c2cccc3ccccc23)ccc1O. The Labute approximate surface area is 142 Å². The zero-order valence-corrected chi connectivity index (χ0v) is 14.1. The summed E-state index contributed by atoms with van der Waals surface area (Å²) in [5.41, 5.74) is 2.38. The van der Waals surface area contributed by atoms with E-state index in [0.29, 0.717) is 18.9 Å². The molecular weight excluding hydrogens is 298 g/mol. The standard InChI is InChI=1S/C21H23NO2/c1-3-24-21-13-16(11-12-20(21)23)14-22-15(2)18-10-6-8-17-7-4-5-9-19(17)18/h4-13,15,22-23H,3,14H2,1-2H3. The Balaban J connectivity index is 1.75. The lowest BCUT2D eigenvalue weighted by Gasteiger charge is -2.17. The van der Waals surface area contributed by atoms with Crippen molar-refractivity contribution in [2.45, 2.75) is 26.4 Å². The summed E-state index contributed by atoms with van der Waals surface area (Å²) in [6, 6.07) is 20.6. The van der Waals surface area contributed by atoms with Crippen LogP contribution >= 0.6 is 0 Å². The van der Waals surface area contributed by atoms with Crippen LogP contribution in [0.5, 0.6) is 11.5 Å². The summed E-state index contributed by atoms with van der Waals surface area (Å²) in [4.78, 5) is 0. The molecule has 0 aromatic heterocycles. The highest BCUT2D eigenvalue weighted by Crippen LogP contribution is 2.28. The molecule has 3 rings (SSSR count). The molecule has 0 fully saturated rings. The Bertz CT molecular complexity index is 824. The average molecular weight is 321 g/mol. The van der Waals surface area contributed by atoms with Crippen LogP contribution in [0.4, 0.5) is 0 Å². The topological polar surface area (TPSA) is 41.5 Å². The van der Waals surface area contributed by atoms with E-state index < -0.39 is 0 Å². The molecule has 3 heteroatoms. The van der Waals surface area contributed by atoms with E-state index in [9.17, 15) is 5.11 Å². The lowest BCUT2D eigenvalue weighted by molar-refractivity contribution is 0.317. The van der Waals surface area contributed by atoms with Gasteiger partial charge in [0, 0.05) is 12.6 Å². The molecule has 124 valence electrons. The molecule has 0 amide bonds. The number of nitrogens with one attached hydrogen (secondary N) is 1. The number of phenolic OH excluding ortho intramolecular Hbond substituents is 1. The normalized spacial score (nSPS) is 12.2. The first-order chi connectivity index (χ1) is 11.7. The van der Waals surface area contributed by atoms with Gasteiger partial charge in [-0.3, -0.25) is 0 Å². The molecule has 2 N–H and O–H groups in total. The Morgan fingerprint density at radius 2 is 1.83 bits per heavy atom. The molecule has 0 heterocycles. The van der Waals surface area contributed by atoms with Gasteiger partial charge in [0.25, 0.3) is 0 Å². The minimum Gasteiger partial charge on any atom is -0.504 e. The maximum absolute atomic E-state index is 9.79. The van der Waals surface area contributed by atoms with Crippen LogP contribution in [0.1, 0.15) is 31.0 Å². The van der Waals surface area contributed by atoms with E-state index >= 15 is 0 Å². The zero-order valence-electron chi connectivity index (χ0n) is 14.1. The Hall–Kier alpha value is -2.52. The van der Waals surface area contributed by atoms with E-state index in [1.165, 1.54) is 16.3 Å². The van der Waals surface area contributed by atoms with Crippen molar-refractivity contribution in [3.63, 3.8) is 0 Å². The summed E-state index contributed by atoms with van der Waals surface area (Å²) < 4.78 is 5.45. The van der Waals surface area contributed by atoms with Crippen molar-refractivity contribution >= 4 is 10.8 Å². The highest BCUT2D eigenvalue weighted by Gasteiger charge is 2.10. The summed E-state index contributed by atoms with van der Waals surface area (Å²) in [5.74, 6) is 0.720. The van der Waals surface area contributed by atoms with Gasteiger partial charge in [-0.25, -0.2) is 0 Å². The van der Waals surface area contributed by atoms with Crippen LogP contribution in [0.15, 0.2) is 60.7 Å². The van der Waals surface area contributed by atoms with Crippen LogP contribution in [-0.4, -0.2) is 11.7 Å². The third-order valence-corrected chi connectivity index (χ3v) is 4.23. The van der Waals surface area contributed by atoms with Crippen molar-refractivity contribution in [2.24, 2.45) is 0 Å². The fraction of sp³-hybridized carbons (Fsp3) is 0.238. The quantitative estimate of drug-likeness (QED) is 0.685. The molecule has 0 aliphatic heterocycles. The highest BCUT2D eigenvalue weighted by atomic mass is 16.5. The van der Waals surface area contributed by atoms with Crippen LogP contribution in [-0.2, 0) is 6.54 Å². The summed E-state index contributed by atoms with van der Waals surface area (Å²) >= 11 is 0. The predicted octanol–water partition coefficient (Wildman–Crippen LogP) is 4.79. The molecule has 24 heavy (non-hydrogen) atoms. The van der Waals surface area contributed by atoms with Crippen LogP contribution in [0, 0.1) is 0 Å². The van der Waals surface area contributed by atoms with Crippen LogP contribution in [0.25, 0.3) is 10.8 Å². The third-order valence-electron chi connectivity index (χ3n) is 4.23. The van der Waals surface area contributed by atoms with Gasteiger partial charge in [-0.2, -0.15) is 0 Å². The summed E-state index contributed by atoms with van der Waals surface area (Å²) in [5, 5.41) is 15.9. The van der Waals surface area contributed by atoms with Gasteiger partial charge in [-0.15, -0.1) is 0 Å². The lowest BCUT2D eigenvalue weighted by atomic mass is 9.99. The van der Waals surface area contributed by atoms with E-state index in [-0.39, 0.29) is 11.8 Å². The second-order valence-corrected chi connectivity index (χ2v) is 5.91. The van der Waals surface area contributed by atoms with Gasteiger partial charge in [0.1, 0.15) is 0 Å². The second kappa shape index (κ2) is 7.37. The average Bonchev–Trinajstić information content (AvgIpc) is 2.62. The monoisotopic (exact) mass is 321 g/mol. The summed E-state index contributed by atoms with van der Waals surface area (Å²) in [7, 11) is 0. The minimum absolute atomic E-state index is 0.183. The van der Waals surface area contributed by atoms with E-state index in [0.717, 1.165) is 5.56 Å². The second-order valence-electron chi connectivity index (χ2n) is 5.91. The van der Waals surface area contributed by atoms with Crippen LogP contribution in [0.3, 0.4) is 0 Å². The molecule has 0 saturated heterocycles. The number of benzene rings is 3. The van der Waals surface area contributed by atoms with E-state index in [2.05, 4.69) is 54.7 Å². The van der Waals surface area contributed by atoms with Gasteiger partial charge in [0.15, 0.2) is 11.5 Å². The maximum atomic E-state index is 9.79. The highest BCUT2D eigenvalue weighted by molar-refractivity contribution is 5.86. The maximum Gasteiger partial charge on any atom is 0.161 e. The van der Waals surface area contributed by atoms with E-state index in [4.69, 9.17) is 4.74 Å². The van der Waals surface area contributed by atoms with Crippen molar-refractivity contribution < 1.29 is 9.84 Å². The number of hydrogen-bond acceptors (Lipinski definition) is 3. The summed E-state index contributed by atoms with van der Waals surface area (Å²) in [6.07, 6.45) is 0. The van der Waals surface area contributed by atoms with Gasteiger partial charge in [-0.05, 0) is 47.9 Å². The van der Waals surface area contributed by atoms with Crippen LogP contribution in [0.2, 0.25) is 0 Å². The molecule has 0 spiro atoms. The predicted molar refractivity (Wildman–Crippen MR) is 98.5 cm³/mol. The van der Waals surface area contributed by atoms with Crippen molar-refractivity contribution in [3.8, 4) is 11.5 Å². The van der Waals surface area contributed by atoms with Crippen molar-refractivity contribution in [2.75, 3.05) is 6.61 Å². The first-order valence-corrected chi connectivity index (χ1v) is 8.34. The zero-order chi connectivity index (χ0) is 16.9. The number of rotatable bonds is 6. The third kappa shape index (κ3) is 3.52. The number of phenols is 1. The first kappa shape index (κ1) is 16.3. The van der Waals surface area contributed by atoms with Gasteiger partial charge in [-0.1, -0.05) is 48.5 Å². The largest absolute Gasteiger partial charge is 0.504 e. The van der Waals surface area contributed by atoms with Crippen molar-refractivity contribution in [3.05, 3.63) is 71.8 Å². The molecular formula is C21H23NO2. The molecule has 0 aliphatic carbocycles. The smallest absolute Gasteiger partial charge is 0.161 e. The lowest BCUT2D eigenvalue weighted by Crippen LogP contribution is -2.18. The van der Waals surface area contributed by atoms with Gasteiger partial charge < -0.3 is 15.2 Å². The van der Waals surface area contributed by atoms with Gasteiger partial charge in [0.2, 0.25) is 0 Å². The Morgan fingerprint density at radius 1 is 1.04 bits per heavy atom. The molecule has 1 unspecified atom stereocenters. The Kier molecular flexibility index (Phi) is 5.02. The molecule has 1 atom stereocenters. The van der Waals surface area contributed by atoms with Crippen LogP contribution < -0.4 is 10.1 Å². The van der Waals surface area contributed by atoms with Crippen molar-refractivity contribution in [1.29, 1.82) is 0 Å². The molecule has 0 saturated carbocycles. The molecule has 3 aromatic carbocycles. The van der Waals surface area contributed by atoms with E-state index in [1.54, 1.807) is 6.07 Å². The Morgan fingerprint density at radius 3 is 2.67 bits per heavy atom. The van der Waals surface area contributed by atoms with Gasteiger partial charge >= 0.3 is 0 Å². The van der Waals surface area contributed by atoms with Gasteiger partial charge in [0.05, 0.1) is 6.61 Å². The molecule has 0 bridgehead atoms. The molecule has 0 radical (unpaired) electrons. The molecule has 3 aromatic rings. The molecule has 3 nitrogen and oxygen atoms in total.